The number of halogens is 3. The van der Waals surface area contributed by atoms with Gasteiger partial charge in [0.15, 0.2) is 5.71 Å². The Kier molecular flexibility index (Phi) is 3.34. The number of rotatable bonds is 2. The molecule has 0 spiro atoms. The molecule has 0 atom stereocenters. The largest absolute Gasteiger partial charge is 0.437 e. The molecule has 0 aromatic heterocycles. The number of hydrogen-bond donors (Lipinski definition) is 0. The molecule has 0 unspecified atom stereocenters. The average Bonchev–Trinajstić information content (AvgIpc) is 2.14. The maximum absolute atomic E-state index is 12.5. The molecular formula is C10H10F3NO. The summed E-state index contributed by atoms with van der Waals surface area (Å²) in [4.78, 5) is 4.18. The number of alkyl halides is 3. The minimum absolute atomic E-state index is 0.00468. The van der Waals surface area contributed by atoms with E-state index >= 15 is 0 Å². The van der Waals surface area contributed by atoms with Crippen molar-refractivity contribution in [3.8, 4) is 0 Å². The van der Waals surface area contributed by atoms with E-state index < -0.39 is 11.9 Å². The third-order valence-electron chi connectivity index (χ3n) is 1.78. The van der Waals surface area contributed by atoms with Crippen LogP contribution in [0.15, 0.2) is 29.4 Å². The van der Waals surface area contributed by atoms with Gasteiger partial charge in [0.2, 0.25) is 0 Å². The van der Waals surface area contributed by atoms with Gasteiger partial charge in [-0.15, -0.1) is 0 Å². The van der Waals surface area contributed by atoms with Crippen LogP contribution in [0.1, 0.15) is 11.1 Å². The second-order valence-electron chi connectivity index (χ2n) is 2.99. The summed E-state index contributed by atoms with van der Waals surface area (Å²) in [5.41, 5.74) is -0.141. The molecule has 0 saturated carbocycles. The van der Waals surface area contributed by atoms with Crippen molar-refractivity contribution in [1.82, 2.24) is 0 Å². The van der Waals surface area contributed by atoms with E-state index in [1.165, 1.54) is 12.1 Å². The Morgan fingerprint density at radius 2 is 1.73 bits per heavy atom. The Labute approximate surface area is 85.4 Å². The predicted octanol–water partition coefficient (Wildman–Crippen LogP) is 2.91. The van der Waals surface area contributed by atoms with Crippen LogP contribution in [0.5, 0.6) is 0 Å². The lowest BCUT2D eigenvalue weighted by Gasteiger charge is -2.09. The standard InChI is InChI=1S/C10H10F3NO/c1-7-3-5-8(6-4-7)9(14-15-2)10(11,12)13/h3-6H,1-2H3/b14-9-. The van der Waals surface area contributed by atoms with Crippen LogP contribution in [0, 0.1) is 6.92 Å². The van der Waals surface area contributed by atoms with Crippen LogP contribution < -0.4 is 0 Å². The first-order valence-electron chi connectivity index (χ1n) is 4.20. The third kappa shape index (κ3) is 2.97. The van der Waals surface area contributed by atoms with Crippen molar-refractivity contribution >= 4 is 5.71 Å². The topological polar surface area (TPSA) is 21.6 Å². The Hall–Kier alpha value is -1.52. The monoisotopic (exact) mass is 217 g/mol. The van der Waals surface area contributed by atoms with Crippen molar-refractivity contribution in [2.75, 3.05) is 7.11 Å². The molecule has 0 fully saturated rings. The van der Waals surface area contributed by atoms with Gasteiger partial charge in [-0.2, -0.15) is 13.2 Å². The summed E-state index contributed by atoms with van der Waals surface area (Å²) in [6.45, 7) is 1.80. The highest BCUT2D eigenvalue weighted by atomic mass is 19.4. The molecule has 0 N–H and O–H groups in total. The summed E-state index contributed by atoms with van der Waals surface area (Å²) in [6, 6.07) is 5.90. The quantitative estimate of drug-likeness (QED) is 0.551. The fourth-order valence-corrected chi connectivity index (χ4v) is 1.07. The lowest BCUT2D eigenvalue weighted by molar-refractivity contribution is -0.0607. The van der Waals surface area contributed by atoms with Gasteiger partial charge >= 0.3 is 6.18 Å². The third-order valence-corrected chi connectivity index (χ3v) is 1.78. The molecule has 0 saturated heterocycles. The zero-order chi connectivity index (χ0) is 11.5. The Morgan fingerprint density at radius 1 is 1.20 bits per heavy atom. The molecule has 2 nitrogen and oxygen atoms in total. The highest BCUT2D eigenvalue weighted by Crippen LogP contribution is 2.22. The van der Waals surface area contributed by atoms with E-state index in [-0.39, 0.29) is 5.56 Å². The molecule has 0 radical (unpaired) electrons. The SMILES string of the molecule is CO/N=C(/c1ccc(C)cc1)C(F)(F)F. The maximum atomic E-state index is 12.5. The Morgan fingerprint density at radius 3 is 2.13 bits per heavy atom. The predicted molar refractivity (Wildman–Crippen MR) is 50.8 cm³/mol. The second kappa shape index (κ2) is 4.33. The van der Waals surface area contributed by atoms with Gasteiger partial charge in [0, 0.05) is 5.56 Å². The van der Waals surface area contributed by atoms with Gasteiger partial charge in [-0.1, -0.05) is 35.0 Å². The molecule has 1 aromatic rings. The van der Waals surface area contributed by atoms with Crippen LogP contribution in [0.25, 0.3) is 0 Å². The molecule has 0 aliphatic rings. The Balaban J connectivity index is 3.11. The highest BCUT2D eigenvalue weighted by molar-refractivity contribution is 6.04. The van der Waals surface area contributed by atoms with Crippen LogP contribution in [-0.4, -0.2) is 19.0 Å². The first-order chi connectivity index (χ1) is 6.95. The van der Waals surface area contributed by atoms with E-state index in [0.717, 1.165) is 12.7 Å². The fraction of sp³-hybridized carbons (Fsp3) is 0.300. The summed E-state index contributed by atoms with van der Waals surface area (Å²) in [5.74, 6) is 0. The summed E-state index contributed by atoms with van der Waals surface area (Å²) in [7, 11) is 1.08. The number of hydrogen-bond acceptors (Lipinski definition) is 2. The molecule has 0 heterocycles. The lowest BCUT2D eigenvalue weighted by Crippen LogP contribution is -2.24. The van der Waals surface area contributed by atoms with Crippen LogP contribution in [0.2, 0.25) is 0 Å². The normalized spacial score (nSPS) is 12.7. The number of aryl methyl sites for hydroxylation is 1. The van der Waals surface area contributed by atoms with Crippen molar-refractivity contribution in [3.05, 3.63) is 35.4 Å². The van der Waals surface area contributed by atoms with Crippen molar-refractivity contribution in [2.24, 2.45) is 5.16 Å². The molecular weight excluding hydrogens is 207 g/mol. The first-order valence-corrected chi connectivity index (χ1v) is 4.20. The lowest BCUT2D eigenvalue weighted by atomic mass is 10.1. The summed E-state index contributed by atoms with van der Waals surface area (Å²) < 4.78 is 37.4. The van der Waals surface area contributed by atoms with Gasteiger partial charge in [-0.3, -0.25) is 0 Å². The van der Waals surface area contributed by atoms with Gasteiger partial charge < -0.3 is 4.84 Å². The smallest absolute Gasteiger partial charge is 0.399 e. The van der Waals surface area contributed by atoms with Crippen LogP contribution in [0.3, 0.4) is 0 Å². The first kappa shape index (κ1) is 11.6. The zero-order valence-electron chi connectivity index (χ0n) is 8.30. The summed E-state index contributed by atoms with van der Waals surface area (Å²) in [5, 5.41) is 2.99. The van der Waals surface area contributed by atoms with E-state index in [2.05, 4.69) is 9.99 Å². The van der Waals surface area contributed by atoms with Crippen LogP contribution in [-0.2, 0) is 4.84 Å². The zero-order valence-corrected chi connectivity index (χ0v) is 8.30. The summed E-state index contributed by atoms with van der Waals surface area (Å²) in [6.07, 6.45) is -4.51. The molecule has 1 rings (SSSR count). The minimum Gasteiger partial charge on any atom is -0.399 e. The van der Waals surface area contributed by atoms with E-state index in [0.29, 0.717) is 0 Å². The number of nitrogens with zero attached hydrogens (tertiary/aromatic N) is 1. The summed E-state index contributed by atoms with van der Waals surface area (Å²) >= 11 is 0. The van der Waals surface area contributed by atoms with E-state index in [4.69, 9.17) is 0 Å². The van der Waals surface area contributed by atoms with Gasteiger partial charge in [-0.25, -0.2) is 0 Å². The molecule has 82 valence electrons. The fourth-order valence-electron chi connectivity index (χ4n) is 1.07. The van der Waals surface area contributed by atoms with Crippen molar-refractivity contribution in [3.63, 3.8) is 0 Å². The molecule has 0 bridgehead atoms. The van der Waals surface area contributed by atoms with E-state index in [9.17, 15) is 13.2 Å². The van der Waals surface area contributed by atoms with Gasteiger partial charge in [-0.05, 0) is 6.92 Å². The van der Waals surface area contributed by atoms with Crippen LogP contribution >= 0.6 is 0 Å². The average molecular weight is 217 g/mol. The van der Waals surface area contributed by atoms with E-state index in [1.807, 2.05) is 0 Å². The molecule has 0 aliphatic carbocycles. The van der Waals surface area contributed by atoms with Gasteiger partial charge in [0.1, 0.15) is 7.11 Å². The van der Waals surface area contributed by atoms with Crippen LogP contribution in [0.4, 0.5) is 13.2 Å². The highest BCUT2D eigenvalue weighted by Gasteiger charge is 2.37. The van der Waals surface area contributed by atoms with Gasteiger partial charge in [0.25, 0.3) is 0 Å². The van der Waals surface area contributed by atoms with Gasteiger partial charge in [0.05, 0.1) is 0 Å². The minimum atomic E-state index is -4.51. The molecule has 15 heavy (non-hydrogen) atoms. The van der Waals surface area contributed by atoms with Crippen molar-refractivity contribution < 1.29 is 18.0 Å². The molecule has 1 aromatic carbocycles. The van der Waals surface area contributed by atoms with Crippen molar-refractivity contribution in [1.29, 1.82) is 0 Å². The maximum Gasteiger partial charge on any atom is 0.437 e. The Bertz CT molecular complexity index is 354. The second-order valence-corrected chi connectivity index (χ2v) is 2.99. The molecule has 0 aliphatic heterocycles. The van der Waals surface area contributed by atoms with E-state index in [1.54, 1.807) is 19.1 Å². The number of benzene rings is 1. The van der Waals surface area contributed by atoms with Crippen molar-refractivity contribution in [2.45, 2.75) is 13.1 Å². The molecule has 5 heteroatoms. The number of oxime groups is 1. The molecule has 0 amide bonds.